The predicted octanol–water partition coefficient (Wildman–Crippen LogP) is 2.55. The molecule has 0 saturated carbocycles. The SMILES string of the molecule is CC1CNCCC1Oc1ccc2c(c1)CCC2. The third kappa shape index (κ3) is 2.32. The molecule has 1 fully saturated rings. The molecule has 1 heterocycles. The number of aryl methyl sites for hydroxylation is 2. The van der Waals surface area contributed by atoms with Crippen LogP contribution in [0.5, 0.6) is 5.75 Å². The maximum absolute atomic E-state index is 6.15. The molecular formula is C15H21NO. The van der Waals surface area contributed by atoms with Crippen molar-refractivity contribution in [3.05, 3.63) is 29.3 Å². The Hall–Kier alpha value is -1.02. The van der Waals surface area contributed by atoms with E-state index in [9.17, 15) is 0 Å². The molecule has 0 radical (unpaired) electrons. The number of ether oxygens (including phenoxy) is 1. The van der Waals surface area contributed by atoms with E-state index >= 15 is 0 Å². The fourth-order valence-corrected chi connectivity index (χ4v) is 2.96. The van der Waals surface area contributed by atoms with E-state index in [0.29, 0.717) is 12.0 Å². The second kappa shape index (κ2) is 4.69. The molecule has 0 bridgehead atoms. The van der Waals surface area contributed by atoms with Crippen LogP contribution in [0.2, 0.25) is 0 Å². The molecule has 0 amide bonds. The highest BCUT2D eigenvalue weighted by molar-refractivity contribution is 5.38. The van der Waals surface area contributed by atoms with Gasteiger partial charge in [0.25, 0.3) is 0 Å². The summed E-state index contributed by atoms with van der Waals surface area (Å²) in [5.74, 6) is 1.68. The van der Waals surface area contributed by atoms with Crippen LogP contribution in [0.1, 0.15) is 30.9 Å². The van der Waals surface area contributed by atoms with Gasteiger partial charge in [0.1, 0.15) is 11.9 Å². The standard InChI is InChI=1S/C15H21NO/c1-11-10-16-8-7-15(11)17-14-6-5-12-3-2-4-13(12)9-14/h5-6,9,11,15-16H,2-4,7-8,10H2,1H3. The van der Waals surface area contributed by atoms with Gasteiger partial charge in [0.2, 0.25) is 0 Å². The Balaban J connectivity index is 1.72. The summed E-state index contributed by atoms with van der Waals surface area (Å²) in [7, 11) is 0. The van der Waals surface area contributed by atoms with Crippen LogP contribution in [0, 0.1) is 5.92 Å². The quantitative estimate of drug-likeness (QED) is 0.844. The third-order valence-electron chi connectivity index (χ3n) is 4.06. The second-order valence-corrected chi connectivity index (χ2v) is 5.41. The van der Waals surface area contributed by atoms with Crippen LogP contribution in [0.4, 0.5) is 0 Å². The molecule has 1 aliphatic heterocycles. The molecule has 1 aromatic rings. The molecule has 2 nitrogen and oxygen atoms in total. The predicted molar refractivity (Wildman–Crippen MR) is 69.5 cm³/mol. The summed E-state index contributed by atoms with van der Waals surface area (Å²) >= 11 is 0. The van der Waals surface area contributed by atoms with Crippen LogP contribution < -0.4 is 10.1 Å². The summed E-state index contributed by atoms with van der Waals surface area (Å²) in [6, 6.07) is 6.67. The van der Waals surface area contributed by atoms with E-state index in [1.165, 1.54) is 30.4 Å². The Morgan fingerprint density at radius 2 is 2.12 bits per heavy atom. The molecule has 92 valence electrons. The first-order chi connectivity index (χ1) is 8.33. The zero-order chi connectivity index (χ0) is 11.7. The maximum Gasteiger partial charge on any atom is 0.120 e. The average molecular weight is 231 g/mol. The minimum Gasteiger partial charge on any atom is -0.490 e. The van der Waals surface area contributed by atoms with Crippen LogP contribution in [0.3, 0.4) is 0 Å². The Kier molecular flexibility index (Phi) is 3.06. The summed E-state index contributed by atoms with van der Waals surface area (Å²) < 4.78 is 6.15. The van der Waals surface area contributed by atoms with Crippen molar-refractivity contribution in [2.24, 2.45) is 5.92 Å². The number of piperidine rings is 1. The number of rotatable bonds is 2. The van der Waals surface area contributed by atoms with Gasteiger partial charge in [-0.1, -0.05) is 13.0 Å². The largest absolute Gasteiger partial charge is 0.490 e. The van der Waals surface area contributed by atoms with Crippen LogP contribution >= 0.6 is 0 Å². The lowest BCUT2D eigenvalue weighted by atomic mass is 9.98. The van der Waals surface area contributed by atoms with Crippen molar-refractivity contribution in [1.29, 1.82) is 0 Å². The van der Waals surface area contributed by atoms with Gasteiger partial charge in [0.15, 0.2) is 0 Å². The van der Waals surface area contributed by atoms with Crippen molar-refractivity contribution in [3.8, 4) is 5.75 Å². The molecule has 2 atom stereocenters. The summed E-state index contributed by atoms with van der Waals surface area (Å²) in [5.41, 5.74) is 3.03. The Bertz CT molecular complexity index is 402. The molecule has 2 heteroatoms. The lowest BCUT2D eigenvalue weighted by Gasteiger charge is -2.30. The molecular weight excluding hydrogens is 210 g/mol. The zero-order valence-corrected chi connectivity index (χ0v) is 10.5. The van der Waals surface area contributed by atoms with Crippen molar-refractivity contribution in [3.63, 3.8) is 0 Å². The Labute approximate surface area is 103 Å². The fraction of sp³-hybridized carbons (Fsp3) is 0.600. The molecule has 1 aromatic carbocycles. The van der Waals surface area contributed by atoms with Gasteiger partial charge in [-0.15, -0.1) is 0 Å². The molecule has 2 unspecified atom stereocenters. The number of nitrogens with one attached hydrogen (secondary N) is 1. The van der Waals surface area contributed by atoms with E-state index in [4.69, 9.17) is 4.74 Å². The average Bonchev–Trinajstić information content (AvgIpc) is 2.79. The highest BCUT2D eigenvalue weighted by atomic mass is 16.5. The van der Waals surface area contributed by atoms with Gasteiger partial charge >= 0.3 is 0 Å². The van der Waals surface area contributed by atoms with E-state index in [0.717, 1.165) is 25.3 Å². The first-order valence-electron chi connectivity index (χ1n) is 6.82. The van der Waals surface area contributed by atoms with Gasteiger partial charge in [-0.3, -0.25) is 0 Å². The van der Waals surface area contributed by atoms with E-state index in [-0.39, 0.29) is 0 Å². The van der Waals surface area contributed by atoms with Gasteiger partial charge in [0.05, 0.1) is 0 Å². The molecule has 1 aliphatic carbocycles. The van der Waals surface area contributed by atoms with Crippen molar-refractivity contribution < 1.29 is 4.74 Å². The highest BCUT2D eigenvalue weighted by Gasteiger charge is 2.23. The summed E-state index contributed by atoms with van der Waals surface area (Å²) in [6.07, 6.45) is 5.30. The normalized spacial score (nSPS) is 27.8. The summed E-state index contributed by atoms with van der Waals surface area (Å²) in [6.45, 7) is 4.43. The zero-order valence-electron chi connectivity index (χ0n) is 10.5. The molecule has 0 aromatic heterocycles. The monoisotopic (exact) mass is 231 g/mol. The lowest BCUT2D eigenvalue weighted by Crippen LogP contribution is -2.41. The maximum atomic E-state index is 6.15. The minimum absolute atomic E-state index is 0.385. The van der Waals surface area contributed by atoms with Gasteiger partial charge in [-0.25, -0.2) is 0 Å². The van der Waals surface area contributed by atoms with Crippen LogP contribution in [-0.2, 0) is 12.8 Å². The van der Waals surface area contributed by atoms with Gasteiger partial charge < -0.3 is 10.1 Å². The second-order valence-electron chi connectivity index (χ2n) is 5.41. The Morgan fingerprint density at radius 3 is 3.00 bits per heavy atom. The lowest BCUT2D eigenvalue weighted by molar-refractivity contribution is 0.112. The molecule has 0 spiro atoms. The van der Waals surface area contributed by atoms with Gasteiger partial charge in [0, 0.05) is 12.5 Å². The fourth-order valence-electron chi connectivity index (χ4n) is 2.96. The summed E-state index contributed by atoms with van der Waals surface area (Å²) in [4.78, 5) is 0. The Morgan fingerprint density at radius 1 is 1.24 bits per heavy atom. The van der Waals surface area contributed by atoms with Crippen LogP contribution in [-0.4, -0.2) is 19.2 Å². The number of hydrogen-bond acceptors (Lipinski definition) is 2. The first kappa shape index (κ1) is 11.1. The van der Waals surface area contributed by atoms with Crippen molar-refractivity contribution in [2.45, 2.75) is 38.7 Å². The van der Waals surface area contributed by atoms with E-state index < -0.39 is 0 Å². The molecule has 17 heavy (non-hydrogen) atoms. The summed E-state index contributed by atoms with van der Waals surface area (Å²) in [5, 5.41) is 3.41. The van der Waals surface area contributed by atoms with Crippen LogP contribution in [0.15, 0.2) is 18.2 Å². The van der Waals surface area contributed by atoms with Gasteiger partial charge in [-0.2, -0.15) is 0 Å². The molecule has 1 N–H and O–H groups in total. The number of fused-ring (bicyclic) bond motifs is 1. The van der Waals surface area contributed by atoms with E-state index in [1.807, 2.05) is 0 Å². The van der Waals surface area contributed by atoms with Crippen LogP contribution in [0.25, 0.3) is 0 Å². The number of hydrogen-bond donors (Lipinski definition) is 1. The smallest absolute Gasteiger partial charge is 0.120 e. The molecule has 1 saturated heterocycles. The topological polar surface area (TPSA) is 21.3 Å². The number of benzene rings is 1. The first-order valence-corrected chi connectivity index (χ1v) is 6.82. The molecule has 2 aliphatic rings. The van der Waals surface area contributed by atoms with E-state index in [2.05, 4.69) is 30.4 Å². The highest BCUT2D eigenvalue weighted by Crippen LogP contribution is 2.28. The van der Waals surface area contributed by atoms with Crippen molar-refractivity contribution in [2.75, 3.05) is 13.1 Å². The third-order valence-corrected chi connectivity index (χ3v) is 4.06. The molecule has 3 rings (SSSR count). The van der Waals surface area contributed by atoms with Gasteiger partial charge in [-0.05, 0) is 55.5 Å². The minimum atomic E-state index is 0.385. The van der Waals surface area contributed by atoms with Crippen molar-refractivity contribution >= 4 is 0 Å². The van der Waals surface area contributed by atoms with E-state index in [1.54, 1.807) is 0 Å². The van der Waals surface area contributed by atoms with Crippen molar-refractivity contribution in [1.82, 2.24) is 5.32 Å².